The van der Waals surface area contributed by atoms with E-state index in [9.17, 15) is 14.4 Å². The molecule has 3 heterocycles. The van der Waals surface area contributed by atoms with Gasteiger partial charge in [0.15, 0.2) is 0 Å². The van der Waals surface area contributed by atoms with E-state index in [4.69, 9.17) is 13.9 Å². The van der Waals surface area contributed by atoms with Crippen molar-refractivity contribution in [3.63, 3.8) is 0 Å². The highest BCUT2D eigenvalue weighted by atomic mass is 32.1. The van der Waals surface area contributed by atoms with Crippen LogP contribution in [0, 0.1) is 0 Å². The molecule has 1 aliphatic rings. The molecule has 0 saturated heterocycles. The maximum atomic E-state index is 12.9. The van der Waals surface area contributed by atoms with Crippen LogP contribution in [0.15, 0.2) is 62.3 Å². The summed E-state index contributed by atoms with van der Waals surface area (Å²) in [6, 6.07) is 9.20. The molecule has 0 radical (unpaired) electrons. The minimum Gasteiger partial charge on any atom is -0.497 e. The summed E-state index contributed by atoms with van der Waals surface area (Å²) in [6.45, 7) is 1.65. The standard InChI is InChI=1S/C21H20N4O6S/c1-3-30-19(26)16-14(11-25-21(28)31-18(24-25)15-5-4-10-32-15)22-20(27)23-17(16)12-6-8-13(29-2)9-7-12/h4-10,17H,3,11H2,1-2H3,(H2,22,23,27)/t17-/m0/s1. The second kappa shape index (κ2) is 9.10. The second-order valence-corrected chi connectivity index (χ2v) is 7.67. The van der Waals surface area contributed by atoms with Gasteiger partial charge in [0, 0.05) is 0 Å². The van der Waals surface area contributed by atoms with E-state index in [1.807, 2.05) is 11.4 Å². The van der Waals surface area contributed by atoms with Crippen molar-refractivity contribution in [2.75, 3.05) is 13.7 Å². The lowest BCUT2D eigenvalue weighted by Gasteiger charge is -2.29. The van der Waals surface area contributed by atoms with Crippen LogP contribution >= 0.6 is 11.3 Å². The van der Waals surface area contributed by atoms with Crippen molar-refractivity contribution in [2.24, 2.45) is 0 Å². The Morgan fingerprint density at radius 3 is 2.69 bits per heavy atom. The Bertz CT molecular complexity index is 1210. The Morgan fingerprint density at radius 2 is 2.03 bits per heavy atom. The van der Waals surface area contributed by atoms with Crippen molar-refractivity contribution in [3.05, 3.63) is 69.2 Å². The third-order valence-electron chi connectivity index (χ3n) is 4.74. The minimum atomic E-state index is -0.789. The van der Waals surface area contributed by atoms with E-state index >= 15 is 0 Å². The van der Waals surface area contributed by atoms with Gasteiger partial charge in [0.2, 0.25) is 0 Å². The summed E-state index contributed by atoms with van der Waals surface area (Å²) in [4.78, 5) is 38.3. The van der Waals surface area contributed by atoms with Crippen molar-refractivity contribution < 1.29 is 23.5 Å². The summed E-state index contributed by atoms with van der Waals surface area (Å²) in [5, 5.41) is 11.4. The Kier molecular flexibility index (Phi) is 6.08. The molecule has 0 aliphatic carbocycles. The maximum Gasteiger partial charge on any atom is 0.437 e. The van der Waals surface area contributed by atoms with E-state index in [1.54, 1.807) is 44.4 Å². The molecular formula is C21H20N4O6S. The fraction of sp³-hybridized carbons (Fsp3) is 0.238. The maximum absolute atomic E-state index is 12.9. The highest BCUT2D eigenvalue weighted by Gasteiger charge is 2.34. The lowest BCUT2D eigenvalue weighted by atomic mass is 9.95. The third kappa shape index (κ3) is 4.28. The van der Waals surface area contributed by atoms with E-state index in [1.165, 1.54) is 11.3 Å². The summed E-state index contributed by atoms with van der Waals surface area (Å²) in [6.07, 6.45) is 0. The number of aromatic nitrogens is 2. The summed E-state index contributed by atoms with van der Waals surface area (Å²) >= 11 is 1.37. The molecule has 10 nitrogen and oxygen atoms in total. The topological polar surface area (TPSA) is 125 Å². The van der Waals surface area contributed by atoms with Gasteiger partial charge in [0.25, 0.3) is 5.89 Å². The number of methoxy groups -OCH3 is 1. The van der Waals surface area contributed by atoms with Gasteiger partial charge in [-0.25, -0.2) is 14.4 Å². The number of rotatable bonds is 7. The molecule has 1 aliphatic heterocycles. The average Bonchev–Trinajstić information content (AvgIpc) is 3.44. The van der Waals surface area contributed by atoms with E-state index < -0.39 is 23.8 Å². The zero-order chi connectivity index (χ0) is 22.7. The lowest BCUT2D eigenvalue weighted by molar-refractivity contribution is -0.139. The van der Waals surface area contributed by atoms with Crippen LogP contribution in [0.1, 0.15) is 18.5 Å². The first-order valence-electron chi connectivity index (χ1n) is 9.73. The molecule has 1 atom stereocenters. The number of thiophene rings is 1. The van der Waals surface area contributed by atoms with Crippen molar-refractivity contribution in [3.8, 4) is 16.5 Å². The van der Waals surface area contributed by atoms with Gasteiger partial charge in [0.05, 0.1) is 42.5 Å². The fourth-order valence-corrected chi connectivity index (χ4v) is 3.94. The third-order valence-corrected chi connectivity index (χ3v) is 5.60. The average molecular weight is 456 g/mol. The molecule has 4 rings (SSSR count). The van der Waals surface area contributed by atoms with Crippen LogP contribution in [0.3, 0.4) is 0 Å². The van der Waals surface area contributed by atoms with Crippen LogP contribution in [-0.4, -0.2) is 35.5 Å². The summed E-state index contributed by atoms with van der Waals surface area (Å²) in [7, 11) is 1.55. The van der Waals surface area contributed by atoms with Crippen LogP contribution < -0.4 is 21.1 Å². The van der Waals surface area contributed by atoms with E-state index in [0.717, 1.165) is 4.68 Å². The molecule has 0 bridgehead atoms. The molecule has 0 spiro atoms. The largest absolute Gasteiger partial charge is 0.497 e. The number of carbonyl (C=O) groups excluding carboxylic acids is 2. The number of esters is 1. The zero-order valence-corrected chi connectivity index (χ0v) is 18.1. The van der Waals surface area contributed by atoms with Crippen LogP contribution in [0.2, 0.25) is 0 Å². The Balaban J connectivity index is 1.75. The minimum absolute atomic E-state index is 0.144. The van der Waals surface area contributed by atoms with Crippen molar-refractivity contribution in [1.82, 2.24) is 20.4 Å². The first-order chi connectivity index (χ1) is 15.5. The molecule has 2 amide bonds. The first-order valence-corrected chi connectivity index (χ1v) is 10.6. The first kappa shape index (κ1) is 21.4. The highest BCUT2D eigenvalue weighted by molar-refractivity contribution is 7.13. The fourth-order valence-electron chi connectivity index (χ4n) is 3.29. The summed E-state index contributed by atoms with van der Waals surface area (Å²) in [5.41, 5.74) is 1.01. The number of nitrogens with one attached hydrogen (secondary N) is 2. The van der Waals surface area contributed by atoms with Gasteiger partial charge in [-0.1, -0.05) is 18.2 Å². The lowest BCUT2D eigenvalue weighted by Crippen LogP contribution is -2.47. The molecule has 2 aromatic heterocycles. The molecule has 166 valence electrons. The number of amides is 2. The van der Waals surface area contributed by atoms with E-state index in [-0.39, 0.29) is 30.3 Å². The van der Waals surface area contributed by atoms with Gasteiger partial charge in [-0.2, -0.15) is 4.68 Å². The molecule has 0 unspecified atom stereocenters. The molecule has 32 heavy (non-hydrogen) atoms. The number of ether oxygens (including phenoxy) is 2. The zero-order valence-electron chi connectivity index (χ0n) is 17.3. The van der Waals surface area contributed by atoms with Gasteiger partial charge in [-0.05, 0) is 36.1 Å². The van der Waals surface area contributed by atoms with Gasteiger partial charge in [-0.15, -0.1) is 16.4 Å². The Hall–Kier alpha value is -3.86. The van der Waals surface area contributed by atoms with Crippen LogP contribution in [0.5, 0.6) is 5.75 Å². The Labute approximate surface area is 186 Å². The van der Waals surface area contributed by atoms with Gasteiger partial charge < -0.3 is 24.5 Å². The number of carbonyl (C=O) groups is 2. The van der Waals surface area contributed by atoms with Crippen LogP contribution in [-0.2, 0) is 16.1 Å². The number of allylic oxidation sites excluding steroid dienone is 1. The van der Waals surface area contributed by atoms with Crippen LogP contribution in [0.4, 0.5) is 4.79 Å². The van der Waals surface area contributed by atoms with Crippen LogP contribution in [0.25, 0.3) is 10.8 Å². The molecule has 1 aromatic carbocycles. The summed E-state index contributed by atoms with van der Waals surface area (Å²) < 4.78 is 16.7. The molecule has 0 saturated carbocycles. The van der Waals surface area contributed by atoms with Crippen molar-refractivity contribution >= 4 is 23.3 Å². The van der Waals surface area contributed by atoms with E-state index in [0.29, 0.717) is 16.2 Å². The predicted octanol–water partition coefficient (Wildman–Crippen LogP) is 2.44. The molecule has 2 N–H and O–H groups in total. The van der Waals surface area contributed by atoms with E-state index in [2.05, 4.69) is 15.7 Å². The smallest absolute Gasteiger partial charge is 0.437 e. The van der Waals surface area contributed by atoms with Crippen molar-refractivity contribution in [1.29, 1.82) is 0 Å². The second-order valence-electron chi connectivity index (χ2n) is 6.73. The molecule has 3 aromatic rings. The number of hydrogen-bond acceptors (Lipinski definition) is 8. The predicted molar refractivity (Wildman–Crippen MR) is 115 cm³/mol. The molecule has 0 fully saturated rings. The molecule has 11 heteroatoms. The number of hydrogen-bond donors (Lipinski definition) is 2. The number of benzene rings is 1. The number of urea groups is 1. The van der Waals surface area contributed by atoms with Gasteiger partial charge in [-0.3, -0.25) is 0 Å². The SMILES string of the molecule is CCOC(=O)C1=C(Cn2nc(-c3cccs3)oc2=O)NC(=O)N[C@H]1c1ccc(OC)cc1. The molecular weight excluding hydrogens is 436 g/mol. The Morgan fingerprint density at radius 1 is 1.25 bits per heavy atom. The van der Waals surface area contributed by atoms with Gasteiger partial charge in [0.1, 0.15) is 5.75 Å². The normalized spacial score (nSPS) is 15.8. The monoisotopic (exact) mass is 456 g/mol. The summed E-state index contributed by atoms with van der Waals surface area (Å²) in [5.74, 6) is -0.537. The van der Waals surface area contributed by atoms with Gasteiger partial charge >= 0.3 is 17.8 Å². The quantitative estimate of drug-likeness (QED) is 0.523. The van der Waals surface area contributed by atoms with Crippen molar-refractivity contribution in [2.45, 2.75) is 19.5 Å². The number of nitrogens with zero attached hydrogens (tertiary/aromatic N) is 2. The highest BCUT2D eigenvalue weighted by Crippen LogP contribution is 2.29.